The second kappa shape index (κ2) is 7.77. The van der Waals surface area contributed by atoms with Crippen molar-refractivity contribution in [1.82, 2.24) is 15.0 Å². The minimum absolute atomic E-state index is 0.0497. The standard InChI is InChI=1S/C20H24F4N6S/c1-18(21)4-5-19(17(18)26)6-9-30(10-7-19)13-11-28-16(15(25)29-13)31-12-3-2-8-27-14(12)20(22,23)24/h2-3,8,11,17H,4-7,9-10,26H2,1H3,(H2,25,29). The van der Waals surface area contributed by atoms with E-state index < -0.39 is 23.6 Å². The molecule has 3 heterocycles. The zero-order valence-corrected chi connectivity index (χ0v) is 17.8. The van der Waals surface area contributed by atoms with Gasteiger partial charge in [-0.05, 0) is 50.2 Å². The fourth-order valence-electron chi connectivity index (χ4n) is 4.59. The van der Waals surface area contributed by atoms with E-state index in [9.17, 15) is 17.6 Å². The zero-order chi connectivity index (χ0) is 22.4. The molecule has 2 fully saturated rings. The summed E-state index contributed by atoms with van der Waals surface area (Å²) in [6, 6.07) is 2.26. The number of anilines is 2. The number of nitrogen functional groups attached to an aromatic ring is 1. The van der Waals surface area contributed by atoms with Crippen LogP contribution in [0.1, 0.15) is 38.3 Å². The van der Waals surface area contributed by atoms with Gasteiger partial charge >= 0.3 is 6.18 Å². The first-order chi connectivity index (χ1) is 14.5. The van der Waals surface area contributed by atoms with Crippen molar-refractivity contribution in [1.29, 1.82) is 0 Å². The van der Waals surface area contributed by atoms with Crippen LogP contribution in [-0.4, -0.2) is 39.8 Å². The van der Waals surface area contributed by atoms with Gasteiger partial charge in [0.05, 0.1) is 6.20 Å². The highest BCUT2D eigenvalue weighted by Crippen LogP contribution is 2.51. The Labute approximate surface area is 181 Å². The summed E-state index contributed by atoms with van der Waals surface area (Å²) >= 11 is 0.781. The highest BCUT2D eigenvalue weighted by atomic mass is 32.2. The van der Waals surface area contributed by atoms with E-state index in [2.05, 4.69) is 15.0 Å². The maximum absolute atomic E-state index is 14.6. The molecule has 0 aromatic carbocycles. The molecule has 2 atom stereocenters. The van der Waals surface area contributed by atoms with Crippen LogP contribution in [0.2, 0.25) is 0 Å². The maximum atomic E-state index is 14.6. The molecule has 2 aliphatic rings. The molecule has 0 amide bonds. The van der Waals surface area contributed by atoms with Crippen LogP contribution in [0.3, 0.4) is 0 Å². The number of nitrogens with zero attached hydrogens (tertiary/aromatic N) is 4. The molecule has 168 valence electrons. The third kappa shape index (κ3) is 4.17. The van der Waals surface area contributed by atoms with Crippen molar-refractivity contribution in [3.05, 3.63) is 30.2 Å². The number of alkyl halides is 4. The van der Waals surface area contributed by atoms with Crippen molar-refractivity contribution in [2.24, 2.45) is 11.1 Å². The third-order valence-corrected chi connectivity index (χ3v) is 7.56. The Morgan fingerprint density at radius 3 is 2.45 bits per heavy atom. The van der Waals surface area contributed by atoms with Crippen molar-refractivity contribution < 1.29 is 17.6 Å². The molecule has 1 saturated heterocycles. The number of hydrogen-bond donors (Lipinski definition) is 2. The molecule has 0 bridgehead atoms. The molecule has 6 nitrogen and oxygen atoms in total. The van der Waals surface area contributed by atoms with E-state index in [0.29, 0.717) is 25.3 Å². The van der Waals surface area contributed by atoms with E-state index >= 15 is 0 Å². The average molecular weight is 457 g/mol. The monoisotopic (exact) mass is 456 g/mol. The molecule has 1 aliphatic heterocycles. The van der Waals surface area contributed by atoms with Gasteiger partial charge in [0.15, 0.2) is 11.5 Å². The van der Waals surface area contributed by atoms with Crippen molar-refractivity contribution in [3.63, 3.8) is 0 Å². The lowest BCUT2D eigenvalue weighted by atomic mass is 9.73. The van der Waals surface area contributed by atoms with Crippen LogP contribution < -0.4 is 16.4 Å². The predicted octanol–water partition coefficient (Wildman–Crippen LogP) is 4.06. The normalized spacial score (nSPS) is 25.9. The molecule has 1 aliphatic carbocycles. The Bertz CT molecular complexity index is 959. The highest BCUT2D eigenvalue weighted by Gasteiger charge is 2.54. The quantitative estimate of drug-likeness (QED) is 0.673. The topological polar surface area (TPSA) is 94.0 Å². The Kier molecular flexibility index (Phi) is 5.53. The van der Waals surface area contributed by atoms with Crippen LogP contribution in [0.25, 0.3) is 0 Å². The largest absolute Gasteiger partial charge is 0.434 e. The number of halogens is 4. The van der Waals surface area contributed by atoms with Gasteiger partial charge in [-0.25, -0.2) is 14.4 Å². The van der Waals surface area contributed by atoms with E-state index in [1.165, 1.54) is 18.3 Å². The molecule has 2 aromatic rings. The van der Waals surface area contributed by atoms with Crippen molar-refractivity contribution in [3.8, 4) is 0 Å². The second-order valence-electron chi connectivity index (χ2n) is 8.47. The minimum Gasteiger partial charge on any atom is -0.381 e. The number of piperidine rings is 1. The molecule has 4 N–H and O–H groups in total. The van der Waals surface area contributed by atoms with Crippen LogP contribution in [0, 0.1) is 5.41 Å². The Balaban J connectivity index is 1.47. The van der Waals surface area contributed by atoms with Gasteiger partial charge in [-0.2, -0.15) is 13.2 Å². The summed E-state index contributed by atoms with van der Waals surface area (Å²) in [6.45, 7) is 2.87. The van der Waals surface area contributed by atoms with Crippen LogP contribution >= 0.6 is 11.8 Å². The lowest BCUT2D eigenvalue weighted by molar-refractivity contribution is -0.143. The smallest absolute Gasteiger partial charge is 0.381 e. The van der Waals surface area contributed by atoms with E-state index in [-0.39, 0.29) is 21.2 Å². The van der Waals surface area contributed by atoms with Crippen molar-refractivity contribution in [2.45, 2.75) is 60.4 Å². The van der Waals surface area contributed by atoms with Gasteiger partial charge in [-0.15, -0.1) is 0 Å². The summed E-state index contributed by atoms with van der Waals surface area (Å²) in [5.74, 6) is 0.599. The van der Waals surface area contributed by atoms with Gasteiger partial charge in [0.25, 0.3) is 0 Å². The molecule has 31 heavy (non-hydrogen) atoms. The second-order valence-corrected chi connectivity index (χ2v) is 9.50. The van der Waals surface area contributed by atoms with Crippen LogP contribution in [-0.2, 0) is 6.18 Å². The Morgan fingerprint density at radius 2 is 1.87 bits per heavy atom. The first-order valence-electron chi connectivity index (χ1n) is 10.0. The van der Waals surface area contributed by atoms with Gasteiger partial charge in [-0.3, -0.25) is 4.98 Å². The lowest BCUT2D eigenvalue weighted by Crippen LogP contribution is -2.52. The van der Waals surface area contributed by atoms with E-state index in [4.69, 9.17) is 11.5 Å². The fraction of sp³-hybridized carbons (Fsp3) is 0.550. The number of hydrogen-bond acceptors (Lipinski definition) is 7. The van der Waals surface area contributed by atoms with Gasteiger partial charge < -0.3 is 16.4 Å². The van der Waals surface area contributed by atoms with Gasteiger partial charge in [0, 0.05) is 30.2 Å². The summed E-state index contributed by atoms with van der Waals surface area (Å²) in [5.41, 5.74) is 9.72. The molecule has 0 radical (unpaired) electrons. The van der Waals surface area contributed by atoms with E-state index in [0.717, 1.165) is 37.2 Å². The molecular formula is C20H24F4N6S. The van der Waals surface area contributed by atoms with Gasteiger partial charge in [0.1, 0.15) is 16.5 Å². The summed E-state index contributed by atoms with van der Waals surface area (Å²) in [6.07, 6.45) is 0.759. The average Bonchev–Trinajstić information content (AvgIpc) is 2.94. The number of aromatic nitrogens is 3. The minimum atomic E-state index is -4.58. The van der Waals surface area contributed by atoms with Crippen molar-refractivity contribution in [2.75, 3.05) is 23.7 Å². The number of pyridine rings is 1. The van der Waals surface area contributed by atoms with Crippen LogP contribution in [0.4, 0.5) is 29.2 Å². The van der Waals surface area contributed by atoms with Gasteiger partial charge in [0.2, 0.25) is 0 Å². The van der Waals surface area contributed by atoms with E-state index in [1.54, 1.807) is 6.92 Å². The molecule has 2 aromatic heterocycles. The molecule has 1 spiro atoms. The van der Waals surface area contributed by atoms with Crippen molar-refractivity contribution >= 4 is 23.4 Å². The molecule has 2 unspecified atom stereocenters. The Morgan fingerprint density at radius 1 is 1.16 bits per heavy atom. The number of rotatable bonds is 3. The molecule has 11 heteroatoms. The molecular weight excluding hydrogens is 432 g/mol. The first kappa shape index (κ1) is 22.1. The lowest BCUT2D eigenvalue weighted by Gasteiger charge is -2.43. The zero-order valence-electron chi connectivity index (χ0n) is 17.0. The van der Waals surface area contributed by atoms with Crippen LogP contribution in [0.15, 0.2) is 34.4 Å². The highest BCUT2D eigenvalue weighted by molar-refractivity contribution is 7.99. The summed E-state index contributed by atoms with van der Waals surface area (Å²) in [7, 11) is 0. The number of nitrogens with two attached hydrogens (primary N) is 2. The van der Waals surface area contributed by atoms with Gasteiger partial charge in [-0.1, -0.05) is 11.8 Å². The first-order valence-corrected chi connectivity index (χ1v) is 10.9. The van der Waals surface area contributed by atoms with E-state index in [1.807, 2.05) is 4.90 Å². The third-order valence-electron chi connectivity index (χ3n) is 6.50. The molecule has 4 rings (SSSR count). The summed E-state index contributed by atoms with van der Waals surface area (Å²) in [5, 5.41) is 0.182. The SMILES string of the molecule is CC1(F)CCC2(CCN(c3cnc(Sc4cccnc4C(F)(F)F)c(N)n3)CC2)C1N. The Hall–Kier alpha value is -2.14. The maximum Gasteiger partial charge on any atom is 0.434 e. The summed E-state index contributed by atoms with van der Waals surface area (Å²) < 4.78 is 54.1. The van der Waals surface area contributed by atoms with Crippen LogP contribution in [0.5, 0.6) is 0 Å². The fourth-order valence-corrected chi connectivity index (χ4v) is 5.46. The molecule has 1 saturated carbocycles. The summed E-state index contributed by atoms with van der Waals surface area (Å²) in [4.78, 5) is 14.0. The predicted molar refractivity (Wildman–Crippen MR) is 110 cm³/mol.